The Kier molecular flexibility index (Phi) is 1.98. The average molecular weight is 198 g/mol. The van der Waals surface area contributed by atoms with Crippen LogP contribution in [0.15, 0.2) is 42.5 Å². The molecule has 0 unspecified atom stereocenters. The average Bonchev–Trinajstić information content (AvgIpc) is 2.89. The molecule has 1 aromatic carbocycles. The Hall–Kier alpha value is -1.37. The molecule has 1 fully saturated rings. The van der Waals surface area contributed by atoms with E-state index in [4.69, 9.17) is 0 Å². The van der Waals surface area contributed by atoms with Crippen LogP contribution in [-0.2, 0) is 4.79 Å². The summed E-state index contributed by atoms with van der Waals surface area (Å²) in [5, 5.41) is 0. The Morgan fingerprint density at radius 2 is 1.80 bits per heavy atom. The highest BCUT2D eigenvalue weighted by molar-refractivity contribution is 5.59. The fourth-order valence-corrected chi connectivity index (χ4v) is 3.19. The molecular formula is C14H14O. The van der Waals surface area contributed by atoms with E-state index in [1.165, 1.54) is 12.0 Å². The van der Waals surface area contributed by atoms with Crippen LogP contribution >= 0.6 is 0 Å². The van der Waals surface area contributed by atoms with Crippen LogP contribution in [0, 0.1) is 17.8 Å². The molecule has 2 bridgehead atoms. The van der Waals surface area contributed by atoms with E-state index >= 15 is 0 Å². The van der Waals surface area contributed by atoms with Crippen molar-refractivity contribution in [2.75, 3.05) is 0 Å². The van der Waals surface area contributed by atoms with Gasteiger partial charge in [0.05, 0.1) is 0 Å². The molecule has 0 radical (unpaired) electrons. The zero-order valence-corrected chi connectivity index (χ0v) is 8.54. The van der Waals surface area contributed by atoms with Gasteiger partial charge in [0.1, 0.15) is 6.29 Å². The Bertz CT molecular complexity index is 393. The molecule has 2 aliphatic carbocycles. The van der Waals surface area contributed by atoms with Crippen molar-refractivity contribution in [3.05, 3.63) is 48.0 Å². The van der Waals surface area contributed by atoms with Crippen LogP contribution < -0.4 is 0 Å². The second-order valence-corrected chi connectivity index (χ2v) is 4.60. The standard InChI is InChI=1S/C14H14O/c15-9-13-11-6-7-12(8-11)14(13)10-4-2-1-3-5-10/h1-7,9,11-14H,8H2/t11-,12+,13-,14+/m0/s1. The zero-order chi connectivity index (χ0) is 10.3. The quantitative estimate of drug-likeness (QED) is 0.527. The molecule has 0 saturated heterocycles. The van der Waals surface area contributed by atoms with Crippen LogP contribution in [0.1, 0.15) is 17.9 Å². The second kappa shape index (κ2) is 3.34. The number of fused-ring (bicyclic) bond motifs is 2. The fourth-order valence-electron chi connectivity index (χ4n) is 3.19. The molecule has 0 amide bonds. The number of carbonyl (C=O) groups is 1. The minimum Gasteiger partial charge on any atom is -0.303 e. The lowest BCUT2D eigenvalue weighted by Gasteiger charge is -2.24. The van der Waals surface area contributed by atoms with E-state index in [1.807, 2.05) is 6.07 Å². The summed E-state index contributed by atoms with van der Waals surface area (Å²) in [6.45, 7) is 0. The smallest absolute Gasteiger partial charge is 0.124 e. The Balaban J connectivity index is 1.99. The molecule has 76 valence electrons. The maximum Gasteiger partial charge on any atom is 0.124 e. The Morgan fingerprint density at radius 1 is 1.07 bits per heavy atom. The summed E-state index contributed by atoms with van der Waals surface area (Å²) in [5.74, 6) is 1.73. The lowest BCUT2D eigenvalue weighted by Crippen LogP contribution is -2.18. The molecule has 1 saturated carbocycles. The molecular weight excluding hydrogens is 184 g/mol. The summed E-state index contributed by atoms with van der Waals surface area (Å²) in [6.07, 6.45) is 6.85. The third-order valence-electron chi connectivity index (χ3n) is 3.86. The van der Waals surface area contributed by atoms with Gasteiger partial charge in [-0.2, -0.15) is 0 Å². The van der Waals surface area contributed by atoms with Crippen LogP contribution in [0.5, 0.6) is 0 Å². The zero-order valence-electron chi connectivity index (χ0n) is 8.54. The largest absolute Gasteiger partial charge is 0.303 e. The first-order chi connectivity index (χ1) is 7.40. The van der Waals surface area contributed by atoms with Crippen molar-refractivity contribution < 1.29 is 4.79 Å². The van der Waals surface area contributed by atoms with Gasteiger partial charge in [-0.05, 0) is 23.8 Å². The Morgan fingerprint density at radius 3 is 2.53 bits per heavy atom. The molecule has 1 heteroatoms. The fraction of sp³-hybridized carbons (Fsp3) is 0.357. The van der Waals surface area contributed by atoms with Crippen LogP contribution in [-0.4, -0.2) is 6.29 Å². The molecule has 1 nitrogen and oxygen atoms in total. The molecule has 0 aromatic heterocycles. The van der Waals surface area contributed by atoms with Crippen molar-refractivity contribution in [2.45, 2.75) is 12.3 Å². The number of hydrogen-bond acceptors (Lipinski definition) is 1. The summed E-state index contributed by atoms with van der Waals surface area (Å²) in [7, 11) is 0. The van der Waals surface area contributed by atoms with E-state index in [0.29, 0.717) is 17.8 Å². The van der Waals surface area contributed by atoms with E-state index in [2.05, 4.69) is 36.4 Å². The van der Waals surface area contributed by atoms with Crippen molar-refractivity contribution in [2.24, 2.45) is 17.8 Å². The SMILES string of the molecule is O=C[C@@H]1[C@H](c2ccccc2)[C@@H]2C=C[C@H]1C2. The monoisotopic (exact) mass is 198 g/mol. The number of rotatable bonds is 2. The second-order valence-electron chi connectivity index (χ2n) is 4.60. The van der Waals surface area contributed by atoms with Crippen molar-refractivity contribution in [1.29, 1.82) is 0 Å². The summed E-state index contributed by atoms with van der Waals surface area (Å²) in [5.41, 5.74) is 1.33. The topological polar surface area (TPSA) is 17.1 Å². The van der Waals surface area contributed by atoms with Crippen LogP contribution in [0.2, 0.25) is 0 Å². The molecule has 2 aliphatic rings. The van der Waals surface area contributed by atoms with Gasteiger partial charge >= 0.3 is 0 Å². The molecule has 4 atom stereocenters. The van der Waals surface area contributed by atoms with Gasteiger partial charge in [-0.3, -0.25) is 0 Å². The summed E-state index contributed by atoms with van der Waals surface area (Å²) >= 11 is 0. The highest BCUT2D eigenvalue weighted by Gasteiger charge is 2.44. The van der Waals surface area contributed by atoms with Crippen LogP contribution in [0.25, 0.3) is 0 Å². The summed E-state index contributed by atoms with van der Waals surface area (Å²) < 4.78 is 0. The predicted molar refractivity (Wildman–Crippen MR) is 59.5 cm³/mol. The van der Waals surface area contributed by atoms with Gasteiger partial charge < -0.3 is 4.79 Å². The number of benzene rings is 1. The molecule has 0 N–H and O–H groups in total. The number of allylic oxidation sites excluding steroid dienone is 2. The third-order valence-corrected chi connectivity index (χ3v) is 3.86. The van der Waals surface area contributed by atoms with Crippen molar-refractivity contribution in [3.8, 4) is 0 Å². The predicted octanol–water partition coefficient (Wildman–Crippen LogP) is 2.79. The van der Waals surface area contributed by atoms with Gasteiger partial charge in [0.25, 0.3) is 0 Å². The highest BCUT2D eigenvalue weighted by atomic mass is 16.1. The van der Waals surface area contributed by atoms with Gasteiger partial charge in [-0.25, -0.2) is 0 Å². The summed E-state index contributed by atoms with van der Waals surface area (Å²) in [6, 6.07) is 10.5. The molecule has 15 heavy (non-hydrogen) atoms. The van der Waals surface area contributed by atoms with E-state index in [1.54, 1.807) is 0 Å². The first-order valence-electron chi connectivity index (χ1n) is 5.58. The lowest BCUT2D eigenvalue weighted by atomic mass is 9.79. The van der Waals surface area contributed by atoms with Gasteiger partial charge in [0.15, 0.2) is 0 Å². The van der Waals surface area contributed by atoms with Gasteiger partial charge in [-0.1, -0.05) is 42.5 Å². The third kappa shape index (κ3) is 1.26. The minimum absolute atomic E-state index is 0.211. The number of aldehydes is 1. The van der Waals surface area contributed by atoms with Crippen LogP contribution in [0.4, 0.5) is 0 Å². The van der Waals surface area contributed by atoms with E-state index in [9.17, 15) is 4.79 Å². The highest BCUT2D eigenvalue weighted by Crippen LogP contribution is 2.51. The molecule has 0 heterocycles. The van der Waals surface area contributed by atoms with Crippen molar-refractivity contribution in [1.82, 2.24) is 0 Å². The van der Waals surface area contributed by atoms with E-state index in [0.717, 1.165) is 6.29 Å². The first kappa shape index (κ1) is 8.90. The van der Waals surface area contributed by atoms with Crippen LogP contribution in [0.3, 0.4) is 0 Å². The molecule has 3 rings (SSSR count). The van der Waals surface area contributed by atoms with Gasteiger partial charge in [0, 0.05) is 11.8 Å². The van der Waals surface area contributed by atoms with Crippen molar-refractivity contribution >= 4 is 6.29 Å². The lowest BCUT2D eigenvalue weighted by molar-refractivity contribution is -0.112. The molecule has 0 aliphatic heterocycles. The Labute approximate surface area is 89.8 Å². The number of carbonyl (C=O) groups excluding carboxylic acids is 1. The van der Waals surface area contributed by atoms with Gasteiger partial charge in [0.2, 0.25) is 0 Å². The maximum absolute atomic E-state index is 11.1. The maximum atomic E-state index is 11.1. The van der Waals surface area contributed by atoms with E-state index in [-0.39, 0.29) is 5.92 Å². The number of hydrogen-bond donors (Lipinski definition) is 0. The summed E-state index contributed by atoms with van der Waals surface area (Å²) in [4.78, 5) is 11.1. The van der Waals surface area contributed by atoms with E-state index < -0.39 is 0 Å². The normalized spacial score (nSPS) is 37.1. The first-order valence-corrected chi connectivity index (χ1v) is 5.58. The minimum atomic E-state index is 0.211. The molecule has 0 spiro atoms. The van der Waals surface area contributed by atoms with Crippen molar-refractivity contribution in [3.63, 3.8) is 0 Å². The van der Waals surface area contributed by atoms with Gasteiger partial charge in [-0.15, -0.1) is 0 Å². The molecule has 1 aromatic rings.